The van der Waals surface area contributed by atoms with Crippen molar-refractivity contribution in [1.82, 2.24) is 19.6 Å². The number of methoxy groups -OCH3 is 2. The first-order valence-corrected chi connectivity index (χ1v) is 15.2. The molecule has 3 aliphatic rings. The quantitative estimate of drug-likeness (QED) is 0.417. The van der Waals surface area contributed by atoms with Crippen molar-refractivity contribution in [3.8, 4) is 28.4 Å². The number of carbonyl (C=O) groups is 1. The van der Waals surface area contributed by atoms with Crippen LogP contribution in [-0.2, 0) is 17.4 Å². The molecule has 14 heteroatoms. The average Bonchev–Trinajstić information content (AvgIpc) is 3.67. The number of benzene rings is 2. The topological polar surface area (TPSA) is 104 Å². The van der Waals surface area contributed by atoms with Crippen LogP contribution in [0.5, 0.6) is 11.5 Å². The van der Waals surface area contributed by atoms with E-state index in [0.717, 1.165) is 23.8 Å². The number of aliphatic hydroxyl groups is 1. The summed E-state index contributed by atoms with van der Waals surface area (Å²) in [5, 5.41) is 14.7. The second-order valence-electron chi connectivity index (χ2n) is 11.9. The van der Waals surface area contributed by atoms with Gasteiger partial charge >= 0.3 is 6.18 Å². The fourth-order valence-corrected chi connectivity index (χ4v) is 6.39. The van der Waals surface area contributed by atoms with Crippen LogP contribution in [0.15, 0.2) is 41.2 Å². The van der Waals surface area contributed by atoms with E-state index in [1.165, 1.54) is 26.4 Å². The number of carbonyl (C=O) groups excluding carboxylic acids is 1. The summed E-state index contributed by atoms with van der Waals surface area (Å²) in [7, 11) is 4.96. The van der Waals surface area contributed by atoms with Crippen molar-refractivity contribution < 1.29 is 32.5 Å². The number of anilines is 2. The number of halogens is 3. The standard InChI is InChI=1S/C32H37F3N6O5/c1-37-10-12-38(13-11-37)28(43)19-40-9-7-25-29(20-14-23(45-2)17-24(15-20)46-3)36-41(31(44)30(25)40)27-16-21(39-8-6-22(42)18-39)4-5-26(27)32(33,34)35/h4-5,14-17,22,42H,6-13,18-19H2,1-3H3/t22-/m0/s1. The van der Waals surface area contributed by atoms with E-state index in [9.17, 15) is 27.9 Å². The van der Waals surface area contributed by atoms with Crippen molar-refractivity contribution in [2.45, 2.75) is 25.1 Å². The Balaban J connectivity index is 1.53. The Kier molecular flexibility index (Phi) is 8.59. The predicted molar refractivity (Wildman–Crippen MR) is 166 cm³/mol. The van der Waals surface area contributed by atoms with Gasteiger partial charge in [0, 0.05) is 68.7 Å². The zero-order valence-electron chi connectivity index (χ0n) is 26.0. The maximum absolute atomic E-state index is 14.5. The maximum atomic E-state index is 14.5. The Morgan fingerprint density at radius 3 is 2.30 bits per heavy atom. The number of likely N-dealkylation sites (N-methyl/N-ethyl adjacent to an activating group) is 1. The van der Waals surface area contributed by atoms with Crippen molar-refractivity contribution in [1.29, 1.82) is 0 Å². The molecule has 1 aromatic heterocycles. The van der Waals surface area contributed by atoms with E-state index >= 15 is 0 Å². The molecule has 46 heavy (non-hydrogen) atoms. The Morgan fingerprint density at radius 1 is 1.00 bits per heavy atom. The van der Waals surface area contributed by atoms with Crippen LogP contribution in [0.25, 0.3) is 16.9 Å². The number of β-amino-alcohol motifs (C(OH)–C–C–N with tert-alkyl or cyclic N) is 1. The van der Waals surface area contributed by atoms with Crippen molar-refractivity contribution in [3.63, 3.8) is 0 Å². The summed E-state index contributed by atoms with van der Waals surface area (Å²) in [4.78, 5) is 35.0. The van der Waals surface area contributed by atoms with Gasteiger partial charge in [0.1, 0.15) is 17.2 Å². The molecule has 0 bridgehead atoms. The summed E-state index contributed by atoms with van der Waals surface area (Å²) in [6.07, 6.45) is -4.56. The Labute approximate surface area is 264 Å². The first kappa shape index (κ1) is 31.7. The van der Waals surface area contributed by atoms with E-state index in [-0.39, 0.29) is 30.4 Å². The molecule has 0 aliphatic carbocycles. The van der Waals surface area contributed by atoms with Gasteiger partial charge in [-0.05, 0) is 50.2 Å². The number of piperazine rings is 1. The molecule has 0 spiro atoms. The van der Waals surface area contributed by atoms with Gasteiger partial charge in [-0.15, -0.1) is 0 Å². The fourth-order valence-electron chi connectivity index (χ4n) is 6.39. The predicted octanol–water partition coefficient (Wildman–Crippen LogP) is 2.64. The summed E-state index contributed by atoms with van der Waals surface area (Å²) >= 11 is 0. The average molecular weight is 643 g/mol. The van der Waals surface area contributed by atoms with E-state index in [1.54, 1.807) is 32.9 Å². The lowest BCUT2D eigenvalue weighted by atomic mass is 10.0. The normalized spacial score (nSPS) is 18.7. The lowest BCUT2D eigenvalue weighted by molar-refractivity contribution is -0.137. The zero-order chi connectivity index (χ0) is 32.7. The molecule has 1 N–H and O–H groups in total. The van der Waals surface area contributed by atoms with Crippen LogP contribution in [0.3, 0.4) is 0 Å². The highest BCUT2D eigenvalue weighted by molar-refractivity contribution is 5.84. The highest BCUT2D eigenvalue weighted by Crippen LogP contribution is 2.39. The van der Waals surface area contributed by atoms with Crippen LogP contribution < -0.4 is 24.8 Å². The van der Waals surface area contributed by atoms with Gasteiger partial charge in [0.2, 0.25) is 5.91 Å². The van der Waals surface area contributed by atoms with Gasteiger partial charge in [-0.3, -0.25) is 9.59 Å². The second kappa shape index (κ2) is 12.5. The molecule has 3 aliphatic heterocycles. The number of rotatable bonds is 7. The third-order valence-corrected chi connectivity index (χ3v) is 8.96. The summed E-state index contributed by atoms with van der Waals surface area (Å²) in [6, 6.07) is 8.62. The maximum Gasteiger partial charge on any atom is 0.418 e. The highest BCUT2D eigenvalue weighted by Gasteiger charge is 2.38. The van der Waals surface area contributed by atoms with Crippen molar-refractivity contribution >= 4 is 17.3 Å². The second-order valence-corrected chi connectivity index (χ2v) is 11.9. The number of ether oxygens (including phenoxy) is 2. The van der Waals surface area contributed by atoms with E-state index in [4.69, 9.17) is 9.47 Å². The van der Waals surface area contributed by atoms with Crippen LogP contribution in [0, 0.1) is 0 Å². The van der Waals surface area contributed by atoms with E-state index in [0.29, 0.717) is 67.3 Å². The first-order valence-electron chi connectivity index (χ1n) is 15.2. The van der Waals surface area contributed by atoms with E-state index in [1.807, 2.05) is 7.05 Å². The minimum Gasteiger partial charge on any atom is -0.497 e. The number of aromatic nitrogens is 2. The molecule has 2 aromatic carbocycles. The minimum absolute atomic E-state index is 0.0886. The molecule has 246 valence electrons. The van der Waals surface area contributed by atoms with E-state index in [2.05, 4.69) is 10.00 Å². The van der Waals surface area contributed by atoms with Crippen LogP contribution >= 0.6 is 0 Å². The summed E-state index contributed by atoms with van der Waals surface area (Å²) in [6.45, 7) is 3.51. The molecule has 6 rings (SSSR count). The Morgan fingerprint density at radius 2 is 1.70 bits per heavy atom. The van der Waals surface area contributed by atoms with Gasteiger partial charge in [0.15, 0.2) is 0 Å². The van der Waals surface area contributed by atoms with Crippen LogP contribution in [-0.4, -0.2) is 110 Å². The van der Waals surface area contributed by atoms with Crippen molar-refractivity contribution in [2.24, 2.45) is 0 Å². The Hall–Kier alpha value is -4.30. The van der Waals surface area contributed by atoms with Crippen LogP contribution in [0.2, 0.25) is 0 Å². The number of aliphatic hydroxyl groups excluding tert-OH is 1. The van der Waals surface area contributed by atoms with Gasteiger partial charge < -0.3 is 34.2 Å². The third kappa shape index (κ3) is 6.10. The zero-order valence-corrected chi connectivity index (χ0v) is 26.0. The summed E-state index contributed by atoms with van der Waals surface area (Å²) < 4.78 is 55.3. The van der Waals surface area contributed by atoms with Crippen LogP contribution in [0.4, 0.5) is 24.5 Å². The molecule has 0 unspecified atom stereocenters. The smallest absolute Gasteiger partial charge is 0.418 e. The number of hydrogen-bond donors (Lipinski definition) is 1. The number of fused-ring (bicyclic) bond motifs is 1. The first-order chi connectivity index (χ1) is 22.0. The molecule has 0 radical (unpaired) electrons. The van der Waals surface area contributed by atoms with Gasteiger partial charge in [-0.1, -0.05) is 0 Å². The summed E-state index contributed by atoms with van der Waals surface area (Å²) in [5.41, 5.74) is -0.330. The monoisotopic (exact) mass is 642 g/mol. The molecule has 4 heterocycles. The Bertz CT molecular complexity index is 1670. The molecule has 0 saturated carbocycles. The summed E-state index contributed by atoms with van der Waals surface area (Å²) in [5.74, 6) is 0.723. The lowest BCUT2D eigenvalue weighted by Gasteiger charge is -2.33. The molecule has 3 aromatic rings. The fraction of sp³-hybridized carbons (Fsp3) is 0.469. The number of nitrogens with zero attached hydrogens (tertiary/aromatic N) is 6. The van der Waals surface area contributed by atoms with Crippen LogP contribution in [0.1, 0.15) is 17.5 Å². The lowest BCUT2D eigenvalue weighted by Crippen LogP contribution is -2.50. The largest absolute Gasteiger partial charge is 0.497 e. The van der Waals surface area contributed by atoms with Crippen molar-refractivity contribution in [3.05, 3.63) is 57.9 Å². The molecule has 11 nitrogen and oxygen atoms in total. The number of alkyl halides is 3. The minimum atomic E-state index is -4.80. The van der Waals surface area contributed by atoms with Gasteiger partial charge in [-0.25, -0.2) is 0 Å². The molecule has 1 amide bonds. The van der Waals surface area contributed by atoms with Gasteiger partial charge in [-0.2, -0.15) is 23.0 Å². The SMILES string of the molecule is COc1cc(OC)cc(-c2nn(-c3cc(N4CC[C@H](O)C4)ccc3C(F)(F)F)c(=O)c3c2CCN3CC(=O)N2CCN(C)CC2)c1. The van der Waals surface area contributed by atoms with E-state index < -0.39 is 29.1 Å². The third-order valence-electron chi connectivity index (χ3n) is 8.96. The molecular weight excluding hydrogens is 605 g/mol. The van der Waals surface area contributed by atoms with Crippen molar-refractivity contribution in [2.75, 3.05) is 83.4 Å². The number of amides is 1. The highest BCUT2D eigenvalue weighted by atomic mass is 19.4. The molecule has 2 saturated heterocycles. The number of hydrogen-bond acceptors (Lipinski definition) is 9. The molecule has 1 atom stereocenters. The van der Waals surface area contributed by atoms with Gasteiger partial charge in [0.25, 0.3) is 5.56 Å². The molecular formula is C32H37F3N6O5. The molecule has 2 fully saturated rings. The van der Waals surface area contributed by atoms with Gasteiger partial charge in [0.05, 0.1) is 43.8 Å².